The predicted octanol–water partition coefficient (Wildman–Crippen LogP) is 3.89. The maximum Gasteiger partial charge on any atom is 0.416 e. The molecule has 0 saturated heterocycles. The second-order valence-corrected chi connectivity index (χ2v) is 3.84. The molecule has 0 aliphatic heterocycles. The highest BCUT2D eigenvalue weighted by Crippen LogP contribution is 2.32. The molecular weight excluding hydrogens is 279 g/mol. The van der Waals surface area contributed by atoms with Crippen LogP contribution >= 0.6 is 0 Å². The van der Waals surface area contributed by atoms with Gasteiger partial charge in [-0.1, -0.05) is 6.07 Å². The topological polar surface area (TPSA) is 12.0 Å². The highest BCUT2D eigenvalue weighted by Gasteiger charge is 2.33. The van der Waals surface area contributed by atoms with Crippen molar-refractivity contribution in [1.82, 2.24) is 5.32 Å². The largest absolute Gasteiger partial charge is 0.416 e. The Morgan fingerprint density at radius 3 is 2.16 bits per heavy atom. The predicted molar refractivity (Wildman–Crippen MR) is 53.8 cm³/mol. The molecule has 1 N–H and O–H groups in total. The van der Waals surface area contributed by atoms with Crippen molar-refractivity contribution in [3.05, 3.63) is 35.1 Å². The van der Waals surface area contributed by atoms with E-state index in [2.05, 4.69) is 5.32 Å². The summed E-state index contributed by atoms with van der Waals surface area (Å²) in [5.74, 6) is -1.05. The second kappa shape index (κ2) is 5.77. The van der Waals surface area contributed by atoms with Crippen LogP contribution in [0.4, 0.5) is 30.7 Å². The highest BCUT2D eigenvalue weighted by atomic mass is 19.4. The SMILES string of the molecule is Fc1ccc(CNCCC(F)(F)F)c(C(F)(F)F)c1. The van der Waals surface area contributed by atoms with Crippen molar-refractivity contribution >= 4 is 0 Å². The zero-order valence-corrected chi connectivity index (χ0v) is 9.50. The maximum atomic E-state index is 12.8. The van der Waals surface area contributed by atoms with Gasteiger partial charge in [-0.3, -0.25) is 0 Å². The van der Waals surface area contributed by atoms with Gasteiger partial charge in [0, 0.05) is 13.1 Å². The van der Waals surface area contributed by atoms with Crippen molar-refractivity contribution in [2.24, 2.45) is 0 Å². The molecule has 8 heteroatoms. The lowest BCUT2D eigenvalue weighted by atomic mass is 10.1. The first-order valence-corrected chi connectivity index (χ1v) is 5.23. The summed E-state index contributed by atoms with van der Waals surface area (Å²) in [5, 5.41) is 2.25. The van der Waals surface area contributed by atoms with Gasteiger partial charge in [-0.05, 0) is 17.7 Å². The van der Waals surface area contributed by atoms with Gasteiger partial charge in [-0.25, -0.2) is 4.39 Å². The zero-order valence-electron chi connectivity index (χ0n) is 9.50. The molecule has 0 heterocycles. The van der Waals surface area contributed by atoms with Crippen LogP contribution in [0, 0.1) is 5.82 Å². The Labute approximate surface area is 104 Å². The molecule has 1 nitrogen and oxygen atoms in total. The van der Waals surface area contributed by atoms with Crippen molar-refractivity contribution in [3.63, 3.8) is 0 Å². The van der Waals surface area contributed by atoms with E-state index in [-0.39, 0.29) is 5.56 Å². The van der Waals surface area contributed by atoms with Gasteiger partial charge in [0.1, 0.15) is 5.82 Å². The van der Waals surface area contributed by atoms with Crippen LogP contribution < -0.4 is 5.32 Å². The van der Waals surface area contributed by atoms with E-state index in [0.717, 1.165) is 12.1 Å². The van der Waals surface area contributed by atoms with Gasteiger partial charge in [-0.2, -0.15) is 26.3 Å². The van der Waals surface area contributed by atoms with Crippen LogP contribution in [0.15, 0.2) is 18.2 Å². The third kappa shape index (κ3) is 5.46. The summed E-state index contributed by atoms with van der Waals surface area (Å²) in [6.45, 7) is -0.913. The first-order valence-electron chi connectivity index (χ1n) is 5.23. The van der Waals surface area contributed by atoms with E-state index in [1.807, 2.05) is 0 Å². The molecule has 0 aromatic heterocycles. The Morgan fingerprint density at radius 1 is 1.00 bits per heavy atom. The monoisotopic (exact) mass is 289 g/mol. The highest BCUT2D eigenvalue weighted by molar-refractivity contribution is 5.30. The van der Waals surface area contributed by atoms with E-state index in [1.54, 1.807) is 0 Å². The number of hydrogen-bond acceptors (Lipinski definition) is 1. The van der Waals surface area contributed by atoms with Gasteiger partial charge in [0.15, 0.2) is 0 Å². The summed E-state index contributed by atoms with van der Waals surface area (Å²) in [4.78, 5) is 0. The maximum absolute atomic E-state index is 12.8. The molecule has 0 aliphatic carbocycles. The Hall–Kier alpha value is -1.31. The molecule has 1 aromatic carbocycles. The third-order valence-electron chi connectivity index (χ3n) is 2.28. The van der Waals surface area contributed by atoms with Crippen molar-refractivity contribution in [2.45, 2.75) is 25.3 Å². The van der Waals surface area contributed by atoms with Crippen LogP contribution in [0.25, 0.3) is 0 Å². The van der Waals surface area contributed by atoms with E-state index in [1.165, 1.54) is 0 Å². The van der Waals surface area contributed by atoms with Gasteiger partial charge in [0.2, 0.25) is 0 Å². The summed E-state index contributed by atoms with van der Waals surface area (Å²) in [7, 11) is 0. The van der Waals surface area contributed by atoms with Crippen LogP contribution in [-0.2, 0) is 12.7 Å². The number of alkyl halides is 6. The average molecular weight is 289 g/mol. The molecule has 19 heavy (non-hydrogen) atoms. The summed E-state index contributed by atoms with van der Waals surface area (Å²) in [6, 6.07) is 2.05. The fourth-order valence-electron chi connectivity index (χ4n) is 1.42. The van der Waals surface area contributed by atoms with Gasteiger partial charge in [0.05, 0.1) is 12.0 Å². The second-order valence-electron chi connectivity index (χ2n) is 3.84. The van der Waals surface area contributed by atoms with Crippen LogP contribution in [0.1, 0.15) is 17.5 Å². The Bertz CT molecular complexity index is 422. The molecular formula is C11H10F7N. The van der Waals surface area contributed by atoms with Gasteiger partial charge in [0.25, 0.3) is 0 Å². The zero-order chi connectivity index (χ0) is 14.7. The smallest absolute Gasteiger partial charge is 0.312 e. The van der Waals surface area contributed by atoms with Crippen LogP contribution in [-0.4, -0.2) is 12.7 Å². The normalized spacial score (nSPS) is 12.8. The van der Waals surface area contributed by atoms with Crippen LogP contribution in [0.5, 0.6) is 0 Å². The summed E-state index contributed by atoms with van der Waals surface area (Å²) >= 11 is 0. The van der Waals surface area contributed by atoms with E-state index in [4.69, 9.17) is 0 Å². The fraction of sp³-hybridized carbons (Fsp3) is 0.455. The minimum atomic E-state index is -4.75. The fourth-order valence-corrected chi connectivity index (χ4v) is 1.42. The Kier molecular flexibility index (Phi) is 4.78. The number of halogens is 7. The van der Waals surface area contributed by atoms with Crippen molar-refractivity contribution in [3.8, 4) is 0 Å². The summed E-state index contributed by atoms with van der Waals surface area (Å²) in [6.07, 6.45) is -10.3. The minimum absolute atomic E-state index is 0.295. The summed E-state index contributed by atoms with van der Waals surface area (Å²) < 4.78 is 85.9. The Balaban J connectivity index is 2.68. The lowest BCUT2D eigenvalue weighted by Crippen LogP contribution is -2.23. The number of nitrogens with one attached hydrogen (secondary N) is 1. The standard InChI is InChI=1S/C11H10F7N/c12-8-2-1-7(9(5-8)11(16,17)18)6-19-4-3-10(13,14)15/h1-2,5,19H,3-4,6H2. The van der Waals surface area contributed by atoms with E-state index in [9.17, 15) is 30.7 Å². The molecule has 0 amide bonds. The van der Waals surface area contributed by atoms with Crippen LogP contribution in [0.2, 0.25) is 0 Å². The third-order valence-corrected chi connectivity index (χ3v) is 2.28. The average Bonchev–Trinajstić information content (AvgIpc) is 2.23. The molecule has 108 valence electrons. The summed E-state index contributed by atoms with van der Waals surface area (Å²) in [5.41, 5.74) is -1.48. The molecule has 0 unspecified atom stereocenters. The quantitative estimate of drug-likeness (QED) is 0.655. The first kappa shape index (κ1) is 15.7. The molecule has 0 fully saturated rings. The molecule has 0 atom stereocenters. The lowest BCUT2D eigenvalue weighted by molar-refractivity contribution is -0.139. The molecule has 0 bridgehead atoms. The molecule has 0 radical (unpaired) electrons. The molecule has 0 spiro atoms. The van der Waals surface area contributed by atoms with Crippen LogP contribution in [0.3, 0.4) is 0 Å². The van der Waals surface area contributed by atoms with Crippen molar-refractivity contribution in [2.75, 3.05) is 6.54 Å². The van der Waals surface area contributed by atoms with Crippen molar-refractivity contribution in [1.29, 1.82) is 0 Å². The first-order chi connectivity index (χ1) is 8.59. The van der Waals surface area contributed by atoms with E-state index >= 15 is 0 Å². The van der Waals surface area contributed by atoms with Gasteiger partial charge < -0.3 is 5.32 Å². The van der Waals surface area contributed by atoms with E-state index in [0.29, 0.717) is 6.07 Å². The number of rotatable bonds is 4. The van der Waals surface area contributed by atoms with Crippen molar-refractivity contribution < 1.29 is 30.7 Å². The molecule has 0 saturated carbocycles. The lowest BCUT2D eigenvalue weighted by Gasteiger charge is -2.14. The number of benzene rings is 1. The van der Waals surface area contributed by atoms with Gasteiger partial charge >= 0.3 is 12.4 Å². The molecule has 1 aromatic rings. The molecule has 0 aliphatic rings. The molecule has 1 rings (SSSR count). The number of hydrogen-bond donors (Lipinski definition) is 1. The Morgan fingerprint density at radius 2 is 1.63 bits per heavy atom. The van der Waals surface area contributed by atoms with E-state index < -0.39 is 43.2 Å². The minimum Gasteiger partial charge on any atom is -0.312 e. The van der Waals surface area contributed by atoms with Gasteiger partial charge in [-0.15, -0.1) is 0 Å².